The lowest BCUT2D eigenvalue weighted by molar-refractivity contribution is -0.316. The fraction of sp³-hybridized carbons (Fsp3) is 0.200. The van der Waals surface area contributed by atoms with Crippen molar-refractivity contribution >= 4 is 0 Å². The summed E-state index contributed by atoms with van der Waals surface area (Å²) in [4.78, 5) is 0. The number of methoxy groups -OCH3 is 1. The zero-order valence-corrected chi connectivity index (χ0v) is 11.0. The van der Waals surface area contributed by atoms with Crippen LogP contribution in [0.3, 0.4) is 0 Å². The number of ether oxygens (including phenoxy) is 2. The second-order valence-corrected chi connectivity index (χ2v) is 4.23. The minimum absolute atomic E-state index is 0.378. The van der Waals surface area contributed by atoms with Crippen LogP contribution in [-0.2, 0) is 5.92 Å². The summed E-state index contributed by atoms with van der Waals surface area (Å²) < 4.78 is 64.3. The lowest BCUT2D eigenvalue weighted by Crippen LogP contribution is -2.43. The summed E-state index contributed by atoms with van der Waals surface area (Å²) in [5, 5.41) is 0. The molecule has 6 heteroatoms. The summed E-state index contributed by atoms with van der Waals surface area (Å²) in [6, 6.07) is 10.8. The van der Waals surface area contributed by atoms with Crippen LogP contribution in [0.15, 0.2) is 54.6 Å². The van der Waals surface area contributed by atoms with Gasteiger partial charge in [0.25, 0.3) is 0 Å². The molecule has 0 bridgehead atoms. The molecule has 0 saturated carbocycles. The smallest absolute Gasteiger partial charge is 0.469 e. The number of rotatable bonds is 5. The SMILES string of the molecule is COc1ccc(OC(F)(F)C(F)(F)c2ccccc2)cc1. The van der Waals surface area contributed by atoms with Gasteiger partial charge in [-0.2, -0.15) is 17.6 Å². The zero-order valence-electron chi connectivity index (χ0n) is 11.0. The van der Waals surface area contributed by atoms with Crippen LogP contribution in [0.1, 0.15) is 5.56 Å². The molecule has 0 aliphatic heterocycles. The Hall–Kier alpha value is -2.24. The van der Waals surface area contributed by atoms with Gasteiger partial charge in [-0.3, -0.25) is 0 Å². The van der Waals surface area contributed by atoms with E-state index in [-0.39, 0.29) is 5.75 Å². The van der Waals surface area contributed by atoms with Gasteiger partial charge in [0.15, 0.2) is 0 Å². The Morgan fingerprint density at radius 3 is 1.81 bits per heavy atom. The van der Waals surface area contributed by atoms with Gasteiger partial charge < -0.3 is 9.47 Å². The maximum absolute atomic E-state index is 13.9. The molecular weight excluding hydrogens is 288 g/mol. The van der Waals surface area contributed by atoms with E-state index >= 15 is 0 Å². The Balaban J connectivity index is 2.24. The van der Waals surface area contributed by atoms with Crippen LogP contribution in [-0.4, -0.2) is 13.2 Å². The Kier molecular flexibility index (Phi) is 4.06. The maximum Gasteiger partial charge on any atom is 0.469 e. The normalized spacial score (nSPS) is 12.0. The number of alkyl halides is 4. The average molecular weight is 300 g/mol. The summed E-state index contributed by atoms with van der Waals surface area (Å²) in [6.07, 6.45) is -4.68. The molecule has 0 atom stereocenters. The Morgan fingerprint density at radius 1 is 0.762 bits per heavy atom. The highest BCUT2D eigenvalue weighted by atomic mass is 19.3. The molecule has 2 nitrogen and oxygen atoms in total. The van der Waals surface area contributed by atoms with E-state index in [1.807, 2.05) is 0 Å². The van der Waals surface area contributed by atoms with Crippen molar-refractivity contribution in [3.8, 4) is 11.5 Å². The van der Waals surface area contributed by atoms with E-state index in [1.165, 1.54) is 37.4 Å². The first-order valence-corrected chi connectivity index (χ1v) is 6.01. The molecule has 0 aliphatic carbocycles. The van der Waals surface area contributed by atoms with Gasteiger partial charge in [-0.25, -0.2) is 0 Å². The maximum atomic E-state index is 13.9. The molecular formula is C15H12F4O2. The Labute approximate surface area is 118 Å². The van der Waals surface area contributed by atoms with E-state index in [4.69, 9.17) is 4.74 Å². The summed E-state index contributed by atoms with van der Waals surface area (Å²) in [7, 11) is 1.40. The predicted octanol–water partition coefficient (Wildman–Crippen LogP) is 4.46. The highest BCUT2D eigenvalue weighted by molar-refractivity contribution is 5.32. The van der Waals surface area contributed by atoms with Crippen LogP contribution in [0, 0.1) is 0 Å². The molecule has 112 valence electrons. The van der Waals surface area contributed by atoms with Crippen LogP contribution >= 0.6 is 0 Å². The number of halogens is 4. The quantitative estimate of drug-likeness (QED) is 0.759. The van der Waals surface area contributed by atoms with E-state index in [2.05, 4.69) is 4.74 Å². The number of hydrogen-bond acceptors (Lipinski definition) is 2. The lowest BCUT2D eigenvalue weighted by Gasteiger charge is -2.26. The Morgan fingerprint density at radius 2 is 1.29 bits per heavy atom. The van der Waals surface area contributed by atoms with Crippen molar-refractivity contribution in [2.75, 3.05) is 7.11 Å². The van der Waals surface area contributed by atoms with Gasteiger partial charge in [-0.05, 0) is 24.3 Å². The fourth-order valence-electron chi connectivity index (χ4n) is 1.67. The van der Waals surface area contributed by atoms with Crippen LogP contribution in [0.5, 0.6) is 11.5 Å². The molecule has 21 heavy (non-hydrogen) atoms. The largest absolute Gasteiger partial charge is 0.497 e. The summed E-state index contributed by atoms with van der Waals surface area (Å²) in [5.74, 6) is -4.43. The van der Waals surface area contributed by atoms with E-state index in [9.17, 15) is 17.6 Å². The van der Waals surface area contributed by atoms with Gasteiger partial charge in [0, 0.05) is 5.56 Å². The first-order valence-electron chi connectivity index (χ1n) is 6.01. The van der Waals surface area contributed by atoms with Crippen molar-refractivity contribution in [1.29, 1.82) is 0 Å². The Bertz CT molecular complexity index is 582. The van der Waals surface area contributed by atoms with E-state index < -0.39 is 17.6 Å². The minimum atomic E-state index is -4.68. The van der Waals surface area contributed by atoms with Gasteiger partial charge in [-0.1, -0.05) is 30.3 Å². The topological polar surface area (TPSA) is 18.5 Å². The first kappa shape index (κ1) is 15.2. The van der Waals surface area contributed by atoms with Crippen LogP contribution in [0.4, 0.5) is 17.6 Å². The summed E-state index contributed by atoms with van der Waals surface area (Å²) in [5.41, 5.74) is -0.816. The monoisotopic (exact) mass is 300 g/mol. The van der Waals surface area contributed by atoms with Crippen LogP contribution in [0.25, 0.3) is 0 Å². The van der Waals surface area contributed by atoms with Crippen molar-refractivity contribution in [1.82, 2.24) is 0 Å². The molecule has 0 heterocycles. The molecule has 2 rings (SSSR count). The molecule has 0 unspecified atom stereocenters. The molecule has 0 aliphatic rings. The second kappa shape index (κ2) is 5.63. The predicted molar refractivity (Wildman–Crippen MR) is 68.9 cm³/mol. The van der Waals surface area contributed by atoms with Crippen molar-refractivity contribution in [3.63, 3.8) is 0 Å². The van der Waals surface area contributed by atoms with Gasteiger partial charge in [0.2, 0.25) is 0 Å². The van der Waals surface area contributed by atoms with Crippen molar-refractivity contribution in [2.45, 2.75) is 12.0 Å². The molecule has 2 aromatic carbocycles. The summed E-state index contributed by atoms with van der Waals surface area (Å²) in [6.45, 7) is 0. The third-order valence-corrected chi connectivity index (χ3v) is 2.81. The summed E-state index contributed by atoms with van der Waals surface area (Å²) >= 11 is 0. The van der Waals surface area contributed by atoms with Crippen LogP contribution in [0.2, 0.25) is 0 Å². The third-order valence-electron chi connectivity index (χ3n) is 2.81. The van der Waals surface area contributed by atoms with Crippen molar-refractivity contribution < 1.29 is 27.0 Å². The van der Waals surface area contributed by atoms with Gasteiger partial charge in [0.05, 0.1) is 7.11 Å². The second-order valence-electron chi connectivity index (χ2n) is 4.23. The highest BCUT2D eigenvalue weighted by Gasteiger charge is 2.60. The molecule has 0 fully saturated rings. The zero-order chi connectivity index (χ0) is 15.5. The molecule has 0 spiro atoms. The average Bonchev–Trinajstić information content (AvgIpc) is 2.48. The molecule has 2 aromatic rings. The minimum Gasteiger partial charge on any atom is -0.497 e. The highest BCUT2D eigenvalue weighted by Crippen LogP contribution is 2.44. The number of benzene rings is 2. The van der Waals surface area contributed by atoms with E-state index in [0.717, 1.165) is 24.3 Å². The molecule has 0 amide bonds. The molecule has 0 saturated heterocycles. The standard InChI is InChI=1S/C15H12F4O2/c1-20-12-7-9-13(10-8-12)21-15(18,19)14(16,17)11-5-3-2-4-6-11/h2-10H,1H3. The first-order chi connectivity index (χ1) is 9.87. The van der Waals surface area contributed by atoms with Crippen molar-refractivity contribution in [3.05, 3.63) is 60.2 Å². The number of hydrogen-bond donors (Lipinski definition) is 0. The van der Waals surface area contributed by atoms with Gasteiger partial charge in [-0.15, -0.1) is 0 Å². The van der Waals surface area contributed by atoms with E-state index in [0.29, 0.717) is 5.75 Å². The lowest BCUT2D eigenvalue weighted by atomic mass is 10.1. The van der Waals surface area contributed by atoms with Gasteiger partial charge in [0.1, 0.15) is 11.5 Å². The van der Waals surface area contributed by atoms with Crippen molar-refractivity contribution in [2.24, 2.45) is 0 Å². The van der Waals surface area contributed by atoms with E-state index in [1.54, 1.807) is 0 Å². The molecule has 0 aromatic heterocycles. The molecule has 0 N–H and O–H groups in total. The van der Waals surface area contributed by atoms with Gasteiger partial charge >= 0.3 is 12.0 Å². The molecule has 0 radical (unpaired) electrons. The fourth-order valence-corrected chi connectivity index (χ4v) is 1.67. The third kappa shape index (κ3) is 3.09. The van der Waals surface area contributed by atoms with Crippen LogP contribution < -0.4 is 9.47 Å².